The molecule has 0 saturated heterocycles. The van der Waals surface area contributed by atoms with E-state index in [-0.39, 0.29) is 0 Å². The number of fused-ring (bicyclic) bond motifs is 1. The Hall–Kier alpha value is -2.78. The number of nitrogens with two attached hydrogens (primary N) is 1. The number of nitrogen functional groups attached to an aromatic ring is 1. The molecule has 2 N–H and O–H groups in total. The Bertz CT molecular complexity index is 808. The van der Waals surface area contributed by atoms with Gasteiger partial charge in [-0.3, -0.25) is 0 Å². The predicted molar refractivity (Wildman–Crippen MR) is 86.9 cm³/mol. The lowest BCUT2D eigenvalue weighted by atomic mass is 9.77. The fourth-order valence-corrected chi connectivity index (χ4v) is 3.38. The van der Waals surface area contributed by atoms with Crippen LogP contribution in [0.4, 0.5) is 5.69 Å². The minimum Gasteiger partial charge on any atom is -0.397 e. The summed E-state index contributed by atoms with van der Waals surface area (Å²) in [5.41, 5.74) is 11.5. The molecular weight excluding hydrogens is 270 g/mol. The van der Waals surface area contributed by atoms with E-state index in [9.17, 15) is 10.5 Å². The number of benzene rings is 2. The van der Waals surface area contributed by atoms with Crippen molar-refractivity contribution in [1.82, 2.24) is 0 Å². The summed E-state index contributed by atoms with van der Waals surface area (Å²) in [5.74, 6) is 0.538. The van der Waals surface area contributed by atoms with Crippen molar-refractivity contribution in [3.8, 4) is 23.3 Å². The molecule has 0 unspecified atom stereocenters. The van der Waals surface area contributed by atoms with Crippen molar-refractivity contribution in [2.75, 3.05) is 5.73 Å². The van der Waals surface area contributed by atoms with Gasteiger partial charge in [-0.2, -0.15) is 10.5 Å². The third-order valence-corrected chi connectivity index (χ3v) is 4.48. The van der Waals surface area contributed by atoms with Gasteiger partial charge >= 0.3 is 0 Å². The van der Waals surface area contributed by atoms with Crippen LogP contribution >= 0.6 is 0 Å². The average Bonchev–Trinajstić information content (AvgIpc) is 2.54. The fraction of sp³-hybridized carbons (Fsp3) is 0.263. The van der Waals surface area contributed by atoms with Crippen molar-refractivity contribution in [3.63, 3.8) is 0 Å². The van der Waals surface area contributed by atoms with Gasteiger partial charge in [0.05, 0.1) is 16.8 Å². The Morgan fingerprint density at radius 3 is 2.36 bits per heavy atom. The van der Waals surface area contributed by atoms with E-state index < -0.39 is 0 Å². The van der Waals surface area contributed by atoms with Gasteiger partial charge in [0.25, 0.3) is 0 Å². The number of anilines is 1. The lowest BCUT2D eigenvalue weighted by Crippen LogP contribution is -2.17. The van der Waals surface area contributed by atoms with Crippen LogP contribution in [0.1, 0.15) is 35.6 Å². The van der Waals surface area contributed by atoms with E-state index in [0.29, 0.717) is 22.7 Å². The second kappa shape index (κ2) is 5.54. The topological polar surface area (TPSA) is 73.6 Å². The molecule has 22 heavy (non-hydrogen) atoms. The molecule has 108 valence electrons. The van der Waals surface area contributed by atoms with Gasteiger partial charge in [0.15, 0.2) is 0 Å². The molecular formula is C19H17N3. The van der Waals surface area contributed by atoms with E-state index in [4.69, 9.17) is 5.73 Å². The summed E-state index contributed by atoms with van der Waals surface area (Å²) in [7, 11) is 0. The van der Waals surface area contributed by atoms with Crippen molar-refractivity contribution in [1.29, 1.82) is 10.5 Å². The molecule has 0 amide bonds. The van der Waals surface area contributed by atoms with Crippen LogP contribution < -0.4 is 5.73 Å². The first kappa shape index (κ1) is 14.2. The first-order chi connectivity index (χ1) is 10.7. The molecule has 0 radical (unpaired) electrons. The Kier molecular flexibility index (Phi) is 3.57. The summed E-state index contributed by atoms with van der Waals surface area (Å²) >= 11 is 0. The number of rotatable bonds is 1. The zero-order chi connectivity index (χ0) is 15.7. The summed E-state index contributed by atoms with van der Waals surface area (Å²) in [6, 6.07) is 14.3. The zero-order valence-corrected chi connectivity index (χ0v) is 12.6. The van der Waals surface area contributed by atoms with E-state index in [2.05, 4.69) is 19.1 Å². The van der Waals surface area contributed by atoms with Gasteiger partial charge in [-0.15, -0.1) is 0 Å². The van der Waals surface area contributed by atoms with E-state index in [1.54, 1.807) is 0 Å². The summed E-state index contributed by atoms with van der Waals surface area (Å²) in [4.78, 5) is 0. The van der Waals surface area contributed by atoms with Crippen LogP contribution in [-0.2, 0) is 12.8 Å². The molecule has 2 aromatic carbocycles. The smallest absolute Gasteiger partial charge is 0.102 e. The number of hydrogen-bond acceptors (Lipinski definition) is 3. The highest BCUT2D eigenvalue weighted by Gasteiger charge is 2.27. The Morgan fingerprint density at radius 1 is 1.05 bits per heavy atom. The van der Waals surface area contributed by atoms with Gasteiger partial charge in [-0.25, -0.2) is 0 Å². The van der Waals surface area contributed by atoms with Crippen molar-refractivity contribution >= 4 is 5.69 Å². The molecule has 0 aromatic heterocycles. The van der Waals surface area contributed by atoms with Crippen molar-refractivity contribution < 1.29 is 0 Å². The Morgan fingerprint density at radius 2 is 1.73 bits per heavy atom. The molecule has 0 saturated carbocycles. The highest BCUT2D eigenvalue weighted by Crippen LogP contribution is 2.41. The van der Waals surface area contributed by atoms with Crippen molar-refractivity contribution in [2.24, 2.45) is 5.92 Å². The Labute approximate surface area is 130 Å². The lowest BCUT2D eigenvalue weighted by Gasteiger charge is -2.27. The fourth-order valence-electron chi connectivity index (χ4n) is 3.38. The van der Waals surface area contributed by atoms with Gasteiger partial charge in [0.1, 0.15) is 12.1 Å². The van der Waals surface area contributed by atoms with Crippen molar-refractivity contribution in [3.05, 3.63) is 52.6 Å². The maximum atomic E-state index is 9.59. The maximum Gasteiger partial charge on any atom is 0.102 e. The molecule has 3 nitrogen and oxygen atoms in total. The monoisotopic (exact) mass is 287 g/mol. The highest BCUT2D eigenvalue weighted by molar-refractivity contribution is 5.85. The van der Waals surface area contributed by atoms with E-state index in [1.165, 1.54) is 0 Å². The maximum absolute atomic E-state index is 9.59. The summed E-state index contributed by atoms with van der Waals surface area (Å²) in [5, 5.41) is 19.1. The van der Waals surface area contributed by atoms with Gasteiger partial charge < -0.3 is 5.73 Å². The van der Waals surface area contributed by atoms with Crippen LogP contribution in [0, 0.1) is 28.6 Å². The standard InChI is InChI=1S/C19H17N3/c1-12-7-8-14-15(9-12)16(10-20)19(22)17(11-21)18(14)13-5-3-2-4-6-13/h2-6,12H,7-9,22H2,1H3/t12-/m1/s1. The van der Waals surface area contributed by atoms with Crippen LogP contribution in [0.25, 0.3) is 11.1 Å². The second-order valence-electron chi connectivity index (χ2n) is 5.93. The molecule has 0 aliphatic heterocycles. The zero-order valence-electron chi connectivity index (χ0n) is 12.6. The van der Waals surface area contributed by atoms with Crippen LogP contribution in [0.3, 0.4) is 0 Å². The van der Waals surface area contributed by atoms with Crippen molar-refractivity contribution in [2.45, 2.75) is 26.2 Å². The molecule has 3 rings (SSSR count). The summed E-state index contributed by atoms with van der Waals surface area (Å²) in [6.45, 7) is 2.20. The third-order valence-electron chi connectivity index (χ3n) is 4.48. The molecule has 1 aliphatic carbocycles. The first-order valence-corrected chi connectivity index (χ1v) is 7.50. The van der Waals surface area contributed by atoms with Crippen LogP contribution in [0.5, 0.6) is 0 Å². The van der Waals surface area contributed by atoms with E-state index >= 15 is 0 Å². The van der Waals surface area contributed by atoms with Gasteiger partial charge in [-0.1, -0.05) is 37.3 Å². The third kappa shape index (κ3) is 2.12. The minimum atomic E-state index is 0.330. The lowest BCUT2D eigenvalue weighted by molar-refractivity contribution is 0.501. The van der Waals surface area contributed by atoms with Gasteiger partial charge in [0.2, 0.25) is 0 Å². The molecule has 0 heterocycles. The van der Waals surface area contributed by atoms with Gasteiger partial charge in [-0.05, 0) is 41.9 Å². The molecule has 2 aromatic rings. The van der Waals surface area contributed by atoms with Crippen LogP contribution in [-0.4, -0.2) is 0 Å². The minimum absolute atomic E-state index is 0.330. The molecule has 0 fully saturated rings. The van der Waals surface area contributed by atoms with E-state index in [1.807, 2.05) is 30.3 Å². The summed E-state index contributed by atoms with van der Waals surface area (Å²) in [6.07, 6.45) is 2.82. The van der Waals surface area contributed by atoms with E-state index in [0.717, 1.165) is 41.5 Å². The van der Waals surface area contributed by atoms with Gasteiger partial charge in [0, 0.05) is 5.56 Å². The number of hydrogen-bond donors (Lipinski definition) is 1. The number of nitriles is 2. The SMILES string of the molecule is C[C@@H]1CCc2c(c(C#N)c(N)c(C#N)c2-c2ccccc2)C1. The molecule has 1 aliphatic rings. The quantitative estimate of drug-likeness (QED) is 0.811. The molecule has 3 heteroatoms. The largest absolute Gasteiger partial charge is 0.397 e. The second-order valence-corrected chi connectivity index (χ2v) is 5.93. The van der Waals surface area contributed by atoms with Crippen LogP contribution in [0.15, 0.2) is 30.3 Å². The molecule has 0 bridgehead atoms. The number of nitrogens with zero attached hydrogens (tertiary/aromatic N) is 2. The first-order valence-electron chi connectivity index (χ1n) is 7.50. The molecule has 0 spiro atoms. The Balaban J connectivity index is 2.40. The highest BCUT2D eigenvalue weighted by atomic mass is 14.6. The average molecular weight is 287 g/mol. The summed E-state index contributed by atoms with van der Waals surface area (Å²) < 4.78 is 0. The predicted octanol–water partition coefficient (Wildman–Crippen LogP) is 3.80. The molecule has 1 atom stereocenters. The van der Waals surface area contributed by atoms with Crippen LogP contribution in [0.2, 0.25) is 0 Å². The normalized spacial score (nSPS) is 16.4.